The van der Waals surface area contributed by atoms with Gasteiger partial charge in [0, 0.05) is 6.08 Å². The topological polar surface area (TPSA) is 69.2 Å². The Bertz CT molecular complexity index is 491. The summed E-state index contributed by atoms with van der Waals surface area (Å²) < 4.78 is 0. The van der Waals surface area contributed by atoms with E-state index in [9.17, 15) is 10.1 Å². The monoisotopic (exact) mass is 270 g/mol. The summed E-state index contributed by atoms with van der Waals surface area (Å²) in [5.74, 6) is 0. The number of rotatable bonds is 8. The smallest absolute Gasteiger partial charge is 0.234 e. The molecule has 0 aromatic rings. The van der Waals surface area contributed by atoms with Crippen LogP contribution in [0.2, 0.25) is 0 Å². The molecule has 4 heteroatoms. The number of nitrogens with zero attached hydrogens (tertiary/aromatic N) is 1. The maximum atomic E-state index is 9.96. The summed E-state index contributed by atoms with van der Waals surface area (Å²) in [7, 11) is 0. The van der Waals surface area contributed by atoms with Crippen LogP contribution in [0.3, 0.4) is 0 Å². The fourth-order valence-electron chi connectivity index (χ4n) is 0.954. The number of allylic oxidation sites excluding steroid dienone is 14. The van der Waals surface area contributed by atoms with E-state index in [0.29, 0.717) is 0 Å². The van der Waals surface area contributed by atoms with Crippen molar-refractivity contribution in [3.63, 3.8) is 0 Å². The summed E-state index contributed by atoms with van der Waals surface area (Å²) in [5, 5.41) is 9.96. The molecule has 0 aromatic heterocycles. The summed E-state index contributed by atoms with van der Waals surface area (Å²) in [6.45, 7) is 0. The lowest BCUT2D eigenvalue weighted by Gasteiger charge is -1.75. The molecule has 2 N–H and O–H groups in total. The molecule has 0 aromatic carbocycles. The van der Waals surface area contributed by atoms with Crippen LogP contribution in [0, 0.1) is 10.1 Å². The molecule has 0 unspecified atom stereocenters. The zero-order chi connectivity index (χ0) is 14.9. The highest BCUT2D eigenvalue weighted by Crippen LogP contribution is 1.85. The van der Waals surface area contributed by atoms with Crippen molar-refractivity contribution >= 4 is 0 Å². The molecule has 0 heterocycles. The lowest BCUT2D eigenvalue weighted by atomic mass is 10.3. The van der Waals surface area contributed by atoms with Gasteiger partial charge in [-0.2, -0.15) is 0 Å². The van der Waals surface area contributed by atoms with Gasteiger partial charge in [-0.15, -0.1) is 0 Å². The van der Waals surface area contributed by atoms with Crippen molar-refractivity contribution in [2.24, 2.45) is 5.73 Å². The molecular weight excluding hydrogens is 252 g/mol. The van der Waals surface area contributed by atoms with Crippen LogP contribution in [-0.2, 0) is 0 Å². The highest BCUT2D eigenvalue weighted by Gasteiger charge is 1.77. The van der Waals surface area contributed by atoms with Gasteiger partial charge in [0.15, 0.2) is 0 Å². The van der Waals surface area contributed by atoms with Gasteiger partial charge in [0.2, 0.25) is 6.20 Å². The van der Waals surface area contributed by atoms with Crippen LogP contribution in [0.15, 0.2) is 97.5 Å². The van der Waals surface area contributed by atoms with Crippen LogP contribution in [0.25, 0.3) is 0 Å². The molecule has 0 saturated carbocycles. The Balaban J connectivity index is 3.88. The van der Waals surface area contributed by atoms with Crippen LogP contribution in [0.5, 0.6) is 0 Å². The Morgan fingerprint density at radius 2 is 0.900 bits per heavy atom. The summed E-state index contributed by atoms with van der Waals surface area (Å²) >= 11 is 0. The largest absolute Gasteiger partial charge is 0.405 e. The Morgan fingerprint density at radius 3 is 1.20 bits per heavy atom. The zero-order valence-corrected chi connectivity index (χ0v) is 11.1. The minimum absolute atomic E-state index is 0.506. The van der Waals surface area contributed by atoms with Crippen LogP contribution < -0.4 is 5.73 Å². The lowest BCUT2D eigenvalue weighted by Crippen LogP contribution is -1.80. The van der Waals surface area contributed by atoms with E-state index in [0.717, 1.165) is 6.20 Å². The first-order chi connectivity index (χ1) is 9.77. The molecule has 0 aliphatic heterocycles. The summed E-state index contributed by atoms with van der Waals surface area (Å²) in [5.41, 5.74) is 5.17. The molecule has 0 atom stereocenters. The normalized spacial score (nSPS) is 14.0. The van der Waals surface area contributed by atoms with Crippen LogP contribution in [0.4, 0.5) is 0 Å². The van der Waals surface area contributed by atoms with Gasteiger partial charge in [-0.25, -0.2) is 0 Å². The van der Waals surface area contributed by atoms with E-state index >= 15 is 0 Å². The SMILES string of the molecule is N/C=C/C=C/C=C/C=C/C=C/C=C/C=C/C=C/[N+](=O)[O-]. The minimum atomic E-state index is -0.506. The van der Waals surface area contributed by atoms with E-state index in [2.05, 4.69) is 0 Å². The number of hydrogen-bond acceptors (Lipinski definition) is 3. The predicted octanol–water partition coefficient (Wildman–Crippen LogP) is 3.59. The van der Waals surface area contributed by atoms with Crippen molar-refractivity contribution in [2.45, 2.75) is 0 Å². The van der Waals surface area contributed by atoms with Gasteiger partial charge in [-0.3, -0.25) is 10.1 Å². The predicted molar refractivity (Wildman–Crippen MR) is 84.3 cm³/mol. The molecule has 20 heavy (non-hydrogen) atoms. The molecule has 0 aliphatic rings. The van der Waals surface area contributed by atoms with Gasteiger partial charge < -0.3 is 5.73 Å². The third-order valence-electron chi connectivity index (χ3n) is 1.76. The first-order valence-corrected chi connectivity index (χ1v) is 5.96. The van der Waals surface area contributed by atoms with Gasteiger partial charge in [0.1, 0.15) is 0 Å². The summed E-state index contributed by atoms with van der Waals surface area (Å²) in [6.07, 6.45) is 27.4. The van der Waals surface area contributed by atoms with E-state index < -0.39 is 4.92 Å². The fourth-order valence-corrected chi connectivity index (χ4v) is 0.954. The number of nitro groups is 1. The van der Waals surface area contributed by atoms with E-state index in [-0.39, 0.29) is 0 Å². The molecule has 0 aliphatic carbocycles. The second-order valence-corrected chi connectivity index (χ2v) is 3.32. The third kappa shape index (κ3) is 15.1. The van der Waals surface area contributed by atoms with Gasteiger partial charge in [0.25, 0.3) is 0 Å². The highest BCUT2D eigenvalue weighted by molar-refractivity contribution is 5.21. The first kappa shape index (κ1) is 17.1. The molecule has 0 spiro atoms. The molecule has 0 radical (unpaired) electrons. The standard InChI is InChI=1S/C16H18N2O2/c17-15-13-11-9-7-5-3-1-2-4-6-8-10-12-14-16-18(19)20/h1-16H,17H2/b3-1+,4-2+,7-5+,8-6+,11-9+,12-10+,15-13+,16-14+. The molecule has 0 bridgehead atoms. The van der Waals surface area contributed by atoms with E-state index in [1.807, 2.05) is 54.7 Å². The maximum Gasteiger partial charge on any atom is 0.234 e. The highest BCUT2D eigenvalue weighted by atomic mass is 16.6. The maximum absolute atomic E-state index is 9.96. The van der Waals surface area contributed by atoms with Crippen LogP contribution in [0.1, 0.15) is 0 Å². The van der Waals surface area contributed by atoms with E-state index in [1.165, 1.54) is 12.3 Å². The molecule has 0 amide bonds. The van der Waals surface area contributed by atoms with E-state index in [1.54, 1.807) is 24.3 Å². The Morgan fingerprint density at radius 1 is 0.600 bits per heavy atom. The molecular formula is C16H18N2O2. The summed E-state index contributed by atoms with van der Waals surface area (Å²) in [6, 6.07) is 0. The van der Waals surface area contributed by atoms with Gasteiger partial charge in [0.05, 0.1) is 4.92 Å². The fraction of sp³-hybridized carbons (Fsp3) is 0. The lowest BCUT2D eigenvalue weighted by molar-refractivity contribution is -0.402. The van der Waals surface area contributed by atoms with Crippen molar-refractivity contribution < 1.29 is 4.92 Å². The molecule has 104 valence electrons. The third-order valence-corrected chi connectivity index (χ3v) is 1.76. The second-order valence-electron chi connectivity index (χ2n) is 3.32. The molecule has 0 rings (SSSR count). The van der Waals surface area contributed by atoms with Crippen LogP contribution >= 0.6 is 0 Å². The quantitative estimate of drug-likeness (QED) is 0.416. The van der Waals surface area contributed by atoms with Crippen molar-refractivity contribution in [3.05, 3.63) is 108 Å². The summed E-state index contributed by atoms with van der Waals surface area (Å²) in [4.78, 5) is 9.46. The first-order valence-electron chi connectivity index (χ1n) is 5.96. The minimum Gasteiger partial charge on any atom is -0.405 e. The van der Waals surface area contributed by atoms with Crippen molar-refractivity contribution in [1.29, 1.82) is 0 Å². The number of hydrogen-bond donors (Lipinski definition) is 1. The Kier molecular flexibility index (Phi) is 12.1. The Hall–Kier alpha value is -2.88. The Labute approximate surface area is 119 Å². The molecule has 0 saturated heterocycles. The number of nitrogens with two attached hydrogens (primary N) is 1. The van der Waals surface area contributed by atoms with Crippen molar-refractivity contribution in [2.75, 3.05) is 0 Å². The van der Waals surface area contributed by atoms with E-state index in [4.69, 9.17) is 5.73 Å². The average molecular weight is 270 g/mol. The van der Waals surface area contributed by atoms with Gasteiger partial charge >= 0.3 is 0 Å². The van der Waals surface area contributed by atoms with Crippen molar-refractivity contribution in [1.82, 2.24) is 0 Å². The average Bonchev–Trinajstić information content (AvgIpc) is 2.43. The van der Waals surface area contributed by atoms with Crippen LogP contribution in [-0.4, -0.2) is 4.92 Å². The molecule has 0 fully saturated rings. The zero-order valence-electron chi connectivity index (χ0n) is 11.1. The second kappa shape index (κ2) is 14.2. The van der Waals surface area contributed by atoms with Crippen molar-refractivity contribution in [3.8, 4) is 0 Å². The van der Waals surface area contributed by atoms with Gasteiger partial charge in [-0.05, 0) is 12.3 Å². The van der Waals surface area contributed by atoms with Gasteiger partial charge in [-0.1, -0.05) is 72.9 Å². The molecule has 4 nitrogen and oxygen atoms in total.